The molecule has 1 aromatic rings. The molecule has 14 heteroatoms. The molecule has 0 radical (unpaired) electrons. The van der Waals surface area contributed by atoms with Crippen LogP contribution in [-0.2, 0) is 19.1 Å². The number of para-hydroxylation sites is 1. The van der Waals surface area contributed by atoms with E-state index in [9.17, 15) is 19.2 Å². The second-order valence-corrected chi connectivity index (χ2v) is 10.6. The zero-order chi connectivity index (χ0) is 28.9. The second kappa shape index (κ2) is 16.4. The third-order valence-electron chi connectivity index (χ3n) is 5.45. The van der Waals surface area contributed by atoms with Crippen LogP contribution in [0.4, 0.5) is 9.59 Å². The lowest BCUT2D eigenvalue weighted by Gasteiger charge is -2.36. The van der Waals surface area contributed by atoms with E-state index in [2.05, 4.69) is 31.9 Å². The van der Waals surface area contributed by atoms with Gasteiger partial charge in [-0.15, -0.1) is 23.2 Å². The maximum Gasteiger partial charge on any atom is 0.407 e. The van der Waals surface area contributed by atoms with Crippen LogP contribution in [0.1, 0.15) is 26.7 Å². The van der Waals surface area contributed by atoms with Crippen LogP contribution in [0.15, 0.2) is 40.4 Å². The van der Waals surface area contributed by atoms with Crippen LogP contribution >= 0.6 is 39.1 Å². The molecule has 1 aliphatic carbocycles. The standard InChI is InChI=1S/C25H33BrCl2N4O7/c1-14(2)11-17(22(29)33)32-23(34)15-12-19(37-18-6-4-3-5-16(18)26)21(39-25(36)31-10-8-28)20(13-15)38-24(35)30-9-7-27/h3-6,12,14,17,19-21H,7-11,13H2,1-2H3,(H2,29,33)(H,30,35)(H,31,36)(H,32,34). The van der Waals surface area contributed by atoms with Crippen LogP contribution in [0.2, 0.25) is 0 Å². The van der Waals surface area contributed by atoms with Gasteiger partial charge in [-0.3, -0.25) is 9.59 Å². The Kier molecular flexibility index (Phi) is 13.7. The van der Waals surface area contributed by atoms with Crippen molar-refractivity contribution in [3.63, 3.8) is 0 Å². The van der Waals surface area contributed by atoms with Crippen molar-refractivity contribution < 1.29 is 33.4 Å². The zero-order valence-electron chi connectivity index (χ0n) is 21.6. The predicted octanol–water partition coefficient (Wildman–Crippen LogP) is 3.21. The van der Waals surface area contributed by atoms with Crippen molar-refractivity contribution in [2.45, 2.75) is 51.0 Å². The van der Waals surface area contributed by atoms with Gasteiger partial charge in [0.05, 0.1) is 4.47 Å². The van der Waals surface area contributed by atoms with Crippen molar-refractivity contribution in [3.8, 4) is 5.75 Å². The van der Waals surface area contributed by atoms with Gasteiger partial charge in [-0.1, -0.05) is 26.0 Å². The van der Waals surface area contributed by atoms with Crippen LogP contribution in [-0.4, -0.2) is 73.2 Å². The smallest absolute Gasteiger partial charge is 0.407 e. The molecule has 4 atom stereocenters. The summed E-state index contributed by atoms with van der Waals surface area (Å²) in [6.45, 7) is 4.05. The third-order valence-corrected chi connectivity index (χ3v) is 6.49. The van der Waals surface area contributed by atoms with Crippen molar-refractivity contribution in [2.75, 3.05) is 24.8 Å². The Hall–Kier alpha value is -2.70. The molecule has 11 nitrogen and oxygen atoms in total. The van der Waals surface area contributed by atoms with Gasteiger partial charge in [-0.05, 0) is 46.5 Å². The highest BCUT2D eigenvalue weighted by molar-refractivity contribution is 9.10. The van der Waals surface area contributed by atoms with E-state index in [1.165, 1.54) is 6.08 Å². The van der Waals surface area contributed by atoms with Crippen molar-refractivity contribution in [1.29, 1.82) is 0 Å². The molecule has 1 aliphatic rings. The molecule has 2 rings (SSSR count). The van der Waals surface area contributed by atoms with Crippen molar-refractivity contribution >= 4 is 63.1 Å². The van der Waals surface area contributed by atoms with Gasteiger partial charge in [0, 0.05) is 36.8 Å². The average molecular weight is 652 g/mol. The van der Waals surface area contributed by atoms with Gasteiger partial charge in [0.1, 0.15) is 17.9 Å². The number of hydrogen-bond donors (Lipinski definition) is 4. The molecule has 0 bridgehead atoms. The van der Waals surface area contributed by atoms with Gasteiger partial charge in [0.15, 0.2) is 12.2 Å². The summed E-state index contributed by atoms with van der Waals surface area (Å²) < 4.78 is 17.9. The lowest BCUT2D eigenvalue weighted by molar-refractivity contribution is -0.126. The number of amides is 4. The van der Waals surface area contributed by atoms with Gasteiger partial charge >= 0.3 is 12.2 Å². The van der Waals surface area contributed by atoms with Crippen molar-refractivity contribution in [1.82, 2.24) is 16.0 Å². The fourth-order valence-electron chi connectivity index (χ4n) is 3.73. The molecule has 1 aromatic carbocycles. The summed E-state index contributed by atoms with van der Waals surface area (Å²) in [5.41, 5.74) is 5.65. The van der Waals surface area contributed by atoms with E-state index < -0.39 is 48.4 Å². The topological polar surface area (TPSA) is 158 Å². The number of primary amides is 1. The molecular formula is C25H33BrCl2N4O7. The maximum absolute atomic E-state index is 13.3. The SMILES string of the molecule is CC(C)CC(NC(=O)C1=CC(Oc2ccccc2Br)C(OC(=O)NCCCl)C(OC(=O)NCCCl)C1)C(N)=O. The Morgan fingerprint density at radius 2 is 1.67 bits per heavy atom. The van der Waals surface area contributed by atoms with Crippen LogP contribution < -0.4 is 26.4 Å². The monoisotopic (exact) mass is 650 g/mol. The molecule has 0 aliphatic heterocycles. The number of nitrogens with two attached hydrogens (primary N) is 1. The molecule has 4 unspecified atom stereocenters. The van der Waals surface area contributed by atoms with E-state index in [4.69, 9.17) is 43.1 Å². The molecule has 5 N–H and O–H groups in total. The highest BCUT2D eigenvalue weighted by atomic mass is 79.9. The van der Waals surface area contributed by atoms with Crippen LogP contribution in [0.25, 0.3) is 0 Å². The first kappa shape index (κ1) is 32.5. The summed E-state index contributed by atoms with van der Waals surface area (Å²) in [7, 11) is 0. The first-order valence-electron chi connectivity index (χ1n) is 12.3. The van der Waals surface area contributed by atoms with Gasteiger partial charge in [0.25, 0.3) is 0 Å². The highest BCUT2D eigenvalue weighted by Gasteiger charge is 2.42. The summed E-state index contributed by atoms with van der Waals surface area (Å²) in [4.78, 5) is 50.2. The molecular weight excluding hydrogens is 619 g/mol. The normalized spacial score (nSPS) is 19.3. The van der Waals surface area contributed by atoms with Crippen molar-refractivity contribution in [2.24, 2.45) is 11.7 Å². The molecule has 0 spiro atoms. The molecule has 39 heavy (non-hydrogen) atoms. The minimum absolute atomic E-state index is 0.0839. The lowest BCUT2D eigenvalue weighted by atomic mass is 9.90. The van der Waals surface area contributed by atoms with Crippen molar-refractivity contribution in [3.05, 3.63) is 40.4 Å². The number of alkyl halides is 2. The number of hydrogen-bond acceptors (Lipinski definition) is 7. The molecule has 0 saturated heterocycles. The number of halogens is 3. The minimum atomic E-state index is -1.16. The van der Waals surface area contributed by atoms with E-state index >= 15 is 0 Å². The summed E-state index contributed by atoms with van der Waals surface area (Å²) in [6.07, 6.45) is -3.35. The van der Waals surface area contributed by atoms with Crippen LogP contribution in [0, 0.1) is 5.92 Å². The predicted molar refractivity (Wildman–Crippen MR) is 150 cm³/mol. The molecule has 0 aromatic heterocycles. The van der Waals surface area contributed by atoms with E-state index in [1.54, 1.807) is 24.3 Å². The summed E-state index contributed by atoms with van der Waals surface area (Å²) >= 11 is 14.7. The highest BCUT2D eigenvalue weighted by Crippen LogP contribution is 2.31. The molecule has 0 heterocycles. The first-order valence-corrected chi connectivity index (χ1v) is 14.1. The summed E-state index contributed by atoms with van der Waals surface area (Å²) in [6, 6.07) is 6.02. The third kappa shape index (κ3) is 10.8. The zero-order valence-corrected chi connectivity index (χ0v) is 24.7. The first-order chi connectivity index (χ1) is 18.5. The van der Waals surface area contributed by atoms with Gasteiger partial charge in [0.2, 0.25) is 11.8 Å². The summed E-state index contributed by atoms with van der Waals surface area (Å²) in [5.74, 6) is -0.513. The van der Waals surface area contributed by atoms with E-state index in [1.807, 2.05) is 13.8 Å². The largest absolute Gasteiger partial charge is 0.481 e. The van der Waals surface area contributed by atoms with E-state index in [-0.39, 0.29) is 42.8 Å². The quantitative estimate of drug-likeness (QED) is 0.239. The molecule has 4 amide bonds. The van der Waals surface area contributed by atoms with Gasteiger partial charge < -0.3 is 35.9 Å². The Balaban J connectivity index is 2.45. The number of rotatable bonds is 13. The second-order valence-electron chi connectivity index (χ2n) is 9.01. The number of nitrogens with one attached hydrogen (secondary N) is 3. The number of benzene rings is 1. The van der Waals surface area contributed by atoms with Crippen LogP contribution in [0.3, 0.4) is 0 Å². The van der Waals surface area contributed by atoms with E-state index in [0.29, 0.717) is 16.6 Å². The van der Waals surface area contributed by atoms with Crippen LogP contribution in [0.5, 0.6) is 5.75 Å². The molecule has 216 valence electrons. The Morgan fingerprint density at radius 3 is 2.23 bits per heavy atom. The number of carbonyl (C=O) groups excluding carboxylic acids is 4. The Bertz CT molecular complexity index is 1040. The number of alkyl carbamates (subject to hydrolysis) is 2. The fraction of sp³-hybridized carbons (Fsp3) is 0.520. The molecule has 0 saturated carbocycles. The van der Waals surface area contributed by atoms with Gasteiger partial charge in [-0.25, -0.2) is 9.59 Å². The lowest BCUT2D eigenvalue weighted by Crippen LogP contribution is -2.52. The summed E-state index contributed by atoms with van der Waals surface area (Å²) in [5, 5.41) is 7.62. The van der Waals surface area contributed by atoms with Gasteiger partial charge in [-0.2, -0.15) is 0 Å². The average Bonchev–Trinajstić information content (AvgIpc) is 2.88. The minimum Gasteiger partial charge on any atom is -0.481 e. The molecule has 0 fully saturated rings. The maximum atomic E-state index is 13.3. The van der Waals surface area contributed by atoms with E-state index in [0.717, 1.165) is 0 Å². The Morgan fingerprint density at radius 1 is 1.05 bits per heavy atom. The number of ether oxygens (including phenoxy) is 3. The Labute approximate surface area is 245 Å². The number of carbonyl (C=O) groups is 4. The fourth-order valence-corrected chi connectivity index (χ4v) is 4.29.